The fourth-order valence-corrected chi connectivity index (χ4v) is 2.90. The number of nitrogens with zero attached hydrogens (tertiary/aromatic N) is 7. The second kappa shape index (κ2) is 10.8. The van der Waals surface area contributed by atoms with Gasteiger partial charge in [-0.2, -0.15) is 5.26 Å². The number of esters is 1. The Hall–Kier alpha value is -3.09. The molecule has 1 aromatic rings. The van der Waals surface area contributed by atoms with Crippen LogP contribution in [0.4, 0.5) is 0 Å². The first-order valence-corrected chi connectivity index (χ1v) is 8.68. The Balaban J connectivity index is 1.74. The number of hydrogen-bond acceptors (Lipinski definition) is 7. The van der Waals surface area contributed by atoms with E-state index in [-0.39, 0.29) is 31.6 Å². The number of aromatic nitrogens is 2. The molecule has 11 heteroatoms. The summed E-state index contributed by atoms with van der Waals surface area (Å²) >= 11 is 0. The van der Waals surface area contributed by atoms with E-state index in [2.05, 4.69) is 20.3 Å². The zero-order valence-electron chi connectivity index (χ0n) is 15.0. The van der Waals surface area contributed by atoms with Crippen molar-refractivity contribution >= 4 is 11.9 Å². The zero-order valence-corrected chi connectivity index (χ0v) is 15.0. The number of ether oxygens (including phenoxy) is 1. The van der Waals surface area contributed by atoms with E-state index < -0.39 is 5.97 Å². The highest BCUT2D eigenvalue weighted by Gasteiger charge is 2.25. The summed E-state index contributed by atoms with van der Waals surface area (Å²) in [6.45, 7) is 1.63. The van der Waals surface area contributed by atoms with Crippen LogP contribution in [0.25, 0.3) is 10.4 Å². The summed E-state index contributed by atoms with van der Waals surface area (Å²) in [7, 11) is 0. The van der Waals surface area contributed by atoms with E-state index in [1.54, 1.807) is 23.4 Å². The Labute approximate surface area is 156 Å². The second-order valence-electron chi connectivity index (χ2n) is 6.02. The lowest BCUT2D eigenvalue weighted by molar-refractivity contribution is -0.142. The average Bonchev–Trinajstić information content (AvgIpc) is 3.32. The molecular formula is C16H22N8O3. The molecule has 1 saturated heterocycles. The standard InChI is InChI=1S/C16H22N8O3/c17-5-10-27-16(26)4-8-23-9-6-19-14(23)1-2-15(25)24-7-3-13(11-24)20-12-21-22-18/h6,9,13,20H,1-4,7-8,10-12H2/t13-/m0/s1. The van der Waals surface area contributed by atoms with Crippen LogP contribution in [-0.4, -0.2) is 58.7 Å². The third-order valence-corrected chi connectivity index (χ3v) is 4.27. The third-order valence-electron chi connectivity index (χ3n) is 4.27. The fourth-order valence-electron chi connectivity index (χ4n) is 2.90. The molecule has 1 aromatic heterocycles. The number of amides is 1. The molecule has 0 aliphatic carbocycles. The smallest absolute Gasteiger partial charge is 0.308 e. The Morgan fingerprint density at radius 3 is 3.15 bits per heavy atom. The molecule has 0 bridgehead atoms. The first kappa shape index (κ1) is 20.2. The molecule has 144 valence electrons. The zero-order chi connectivity index (χ0) is 19.5. The van der Waals surface area contributed by atoms with Crippen molar-refractivity contribution in [3.05, 3.63) is 28.7 Å². The summed E-state index contributed by atoms with van der Waals surface area (Å²) in [6.07, 6.45) is 5.16. The number of likely N-dealkylation sites (tertiary alicyclic amines) is 1. The summed E-state index contributed by atoms with van der Waals surface area (Å²) < 4.78 is 6.53. The van der Waals surface area contributed by atoms with E-state index in [4.69, 9.17) is 15.5 Å². The quantitative estimate of drug-likeness (QED) is 0.276. The SMILES string of the molecule is N#CCOC(=O)CCn1ccnc1CCC(=O)N1CC[C@H](NCN=[N+]=[N-])C1. The van der Waals surface area contributed by atoms with E-state index in [9.17, 15) is 9.59 Å². The molecular weight excluding hydrogens is 352 g/mol. The van der Waals surface area contributed by atoms with E-state index in [1.165, 1.54) is 0 Å². The number of azide groups is 1. The molecule has 27 heavy (non-hydrogen) atoms. The lowest BCUT2D eigenvalue weighted by atomic mass is 10.2. The van der Waals surface area contributed by atoms with Crippen LogP contribution in [0.1, 0.15) is 25.1 Å². The number of carbonyl (C=O) groups is 2. The molecule has 1 aliphatic heterocycles. The van der Waals surface area contributed by atoms with Gasteiger partial charge in [-0.05, 0) is 12.0 Å². The molecule has 1 atom stereocenters. The molecule has 0 saturated carbocycles. The molecule has 0 unspecified atom stereocenters. The highest BCUT2D eigenvalue weighted by molar-refractivity contribution is 5.76. The molecule has 0 radical (unpaired) electrons. The van der Waals surface area contributed by atoms with Crippen molar-refractivity contribution in [3.8, 4) is 6.07 Å². The molecule has 0 spiro atoms. The van der Waals surface area contributed by atoms with Crippen molar-refractivity contribution in [3.63, 3.8) is 0 Å². The normalized spacial score (nSPS) is 15.8. The lowest BCUT2D eigenvalue weighted by Gasteiger charge is -2.17. The van der Waals surface area contributed by atoms with E-state index in [0.29, 0.717) is 32.5 Å². The maximum Gasteiger partial charge on any atom is 0.308 e. The number of imidazole rings is 1. The van der Waals surface area contributed by atoms with Crippen molar-refractivity contribution < 1.29 is 14.3 Å². The first-order chi connectivity index (χ1) is 13.1. The first-order valence-electron chi connectivity index (χ1n) is 8.68. The third kappa shape index (κ3) is 6.62. The minimum absolute atomic E-state index is 0.0473. The number of nitriles is 1. The summed E-state index contributed by atoms with van der Waals surface area (Å²) in [5.41, 5.74) is 8.28. The molecule has 1 N–H and O–H groups in total. The van der Waals surface area contributed by atoms with Crippen molar-refractivity contribution in [2.45, 2.75) is 38.3 Å². The highest BCUT2D eigenvalue weighted by atomic mass is 16.5. The molecule has 2 rings (SSSR count). The van der Waals surface area contributed by atoms with Gasteiger partial charge in [-0.25, -0.2) is 4.98 Å². The van der Waals surface area contributed by atoms with E-state index in [0.717, 1.165) is 12.2 Å². The Morgan fingerprint density at radius 2 is 2.37 bits per heavy atom. The summed E-state index contributed by atoms with van der Waals surface area (Å²) in [5.74, 6) is 0.336. The molecule has 0 aromatic carbocycles. The number of carbonyl (C=O) groups excluding carboxylic acids is 2. The van der Waals surface area contributed by atoms with Crippen molar-refractivity contribution in [1.82, 2.24) is 19.8 Å². The summed E-state index contributed by atoms with van der Waals surface area (Å²) in [4.78, 5) is 32.6. The minimum Gasteiger partial charge on any atom is -0.450 e. The van der Waals surface area contributed by atoms with Crippen LogP contribution >= 0.6 is 0 Å². The van der Waals surface area contributed by atoms with Crippen LogP contribution in [0.5, 0.6) is 0 Å². The van der Waals surface area contributed by atoms with Crippen molar-refractivity contribution in [2.75, 3.05) is 26.4 Å². The average molecular weight is 374 g/mol. The Kier molecular flexibility index (Phi) is 8.09. The Bertz CT molecular complexity index is 734. The number of rotatable bonds is 10. The largest absolute Gasteiger partial charge is 0.450 e. The van der Waals surface area contributed by atoms with Gasteiger partial charge in [0.05, 0.1) is 13.1 Å². The van der Waals surface area contributed by atoms with Crippen LogP contribution in [0.15, 0.2) is 17.5 Å². The lowest BCUT2D eigenvalue weighted by Crippen LogP contribution is -2.35. The van der Waals surface area contributed by atoms with Crippen molar-refractivity contribution in [1.29, 1.82) is 5.26 Å². The van der Waals surface area contributed by atoms with Gasteiger partial charge in [0.15, 0.2) is 6.61 Å². The predicted molar refractivity (Wildman–Crippen MR) is 93.9 cm³/mol. The number of aryl methyl sites for hydroxylation is 2. The maximum atomic E-state index is 12.4. The molecule has 1 fully saturated rings. The van der Waals surface area contributed by atoms with Crippen LogP contribution in [0.3, 0.4) is 0 Å². The highest BCUT2D eigenvalue weighted by Crippen LogP contribution is 2.12. The summed E-state index contributed by atoms with van der Waals surface area (Å²) in [5, 5.41) is 14.9. The molecule has 2 heterocycles. The predicted octanol–water partition coefficient (Wildman–Crippen LogP) is 0.731. The Morgan fingerprint density at radius 1 is 1.52 bits per heavy atom. The van der Waals surface area contributed by atoms with Crippen LogP contribution in [0.2, 0.25) is 0 Å². The van der Waals surface area contributed by atoms with Gasteiger partial charge in [0, 0.05) is 55.8 Å². The van der Waals surface area contributed by atoms with Gasteiger partial charge in [-0.3, -0.25) is 9.59 Å². The van der Waals surface area contributed by atoms with Gasteiger partial charge < -0.3 is 19.5 Å². The maximum absolute atomic E-state index is 12.4. The van der Waals surface area contributed by atoms with Gasteiger partial charge in [-0.15, -0.1) is 0 Å². The molecule has 1 aliphatic rings. The molecule has 11 nitrogen and oxygen atoms in total. The number of nitrogens with one attached hydrogen (secondary N) is 1. The molecule has 1 amide bonds. The van der Waals surface area contributed by atoms with Crippen LogP contribution < -0.4 is 5.32 Å². The number of hydrogen-bond donors (Lipinski definition) is 1. The van der Waals surface area contributed by atoms with Gasteiger partial charge in [0.25, 0.3) is 0 Å². The minimum atomic E-state index is -0.441. The van der Waals surface area contributed by atoms with E-state index in [1.807, 2.05) is 4.57 Å². The van der Waals surface area contributed by atoms with Gasteiger partial charge >= 0.3 is 5.97 Å². The van der Waals surface area contributed by atoms with Crippen LogP contribution in [-0.2, 0) is 27.3 Å². The second-order valence-corrected chi connectivity index (χ2v) is 6.02. The van der Waals surface area contributed by atoms with Crippen molar-refractivity contribution in [2.24, 2.45) is 5.11 Å². The van der Waals surface area contributed by atoms with Crippen LogP contribution in [0, 0.1) is 11.3 Å². The van der Waals surface area contributed by atoms with Gasteiger partial charge in [0.2, 0.25) is 5.91 Å². The topological polar surface area (TPSA) is 149 Å². The van der Waals surface area contributed by atoms with E-state index >= 15 is 0 Å². The fraction of sp³-hybridized carbons (Fsp3) is 0.625. The monoisotopic (exact) mass is 374 g/mol. The summed E-state index contributed by atoms with van der Waals surface area (Å²) in [6, 6.07) is 1.89. The van der Waals surface area contributed by atoms with Gasteiger partial charge in [-0.1, -0.05) is 5.11 Å². The van der Waals surface area contributed by atoms with Gasteiger partial charge in [0.1, 0.15) is 11.9 Å².